The molecule has 0 aliphatic rings. The second-order valence-corrected chi connectivity index (χ2v) is 6.39. The highest BCUT2D eigenvalue weighted by molar-refractivity contribution is 7.90. The zero-order chi connectivity index (χ0) is 17.1. The summed E-state index contributed by atoms with van der Waals surface area (Å²) >= 11 is 0. The highest BCUT2D eigenvalue weighted by Crippen LogP contribution is 2.17. The predicted octanol–water partition coefficient (Wildman–Crippen LogP) is 0.590. The number of aryl methyl sites for hydroxylation is 1. The second kappa shape index (κ2) is 6.65. The fourth-order valence-corrected chi connectivity index (χ4v) is 2.55. The Labute approximate surface area is 126 Å². The molecule has 0 saturated heterocycles. The van der Waals surface area contributed by atoms with E-state index in [4.69, 9.17) is 0 Å². The van der Waals surface area contributed by atoms with Gasteiger partial charge in [0.05, 0.1) is 18.8 Å². The first kappa shape index (κ1) is 18.4. The SMILES string of the molecule is CCn1cc(S(=O)(=O)NC(=O)C(C)N(C)CC(F)(F)F)cn1. The van der Waals surface area contributed by atoms with Crippen molar-refractivity contribution >= 4 is 15.9 Å². The number of hydrogen-bond acceptors (Lipinski definition) is 5. The van der Waals surface area contributed by atoms with Crippen LogP contribution in [0, 0.1) is 0 Å². The van der Waals surface area contributed by atoms with E-state index < -0.39 is 34.7 Å². The number of likely N-dealkylation sites (N-methyl/N-ethyl adjacent to an activating group) is 1. The van der Waals surface area contributed by atoms with E-state index >= 15 is 0 Å². The molecule has 0 bridgehead atoms. The van der Waals surface area contributed by atoms with Crippen LogP contribution in [0.2, 0.25) is 0 Å². The van der Waals surface area contributed by atoms with Gasteiger partial charge in [0.25, 0.3) is 15.9 Å². The molecule has 1 aromatic heterocycles. The summed E-state index contributed by atoms with van der Waals surface area (Å²) in [7, 11) is -3.08. The molecule has 0 radical (unpaired) electrons. The molecule has 0 spiro atoms. The van der Waals surface area contributed by atoms with E-state index in [1.54, 1.807) is 11.6 Å². The molecule has 0 aliphatic heterocycles. The average Bonchev–Trinajstić information content (AvgIpc) is 2.84. The highest BCUT2D eigenvalue weighted by Gasteiger charge is 2.33. The summed E-state index contributed by atoms with van der Waals surface area (Å²) < 4.78 is 63.8. The predicted molar refractivity (Wildman–Crippen MR) is 71.4 cm³/mol. The lowest BCUT2D eigenvalue weighted by atomic mass is 10.3. The maximum atomic E-state index is 12.3. The molecule has 1 N–H and O–H groups in total. The van der Waals surface area contributed by atoms with Crippen LogP contribution in [0.4, 0.5) is 13.2 Å². The van der Waals surface area contributed by atoms with Crippen molar-refractivity contribution in [2.45, 2.75) is 37.5 Å². The van der Waals surface area contributed by atoms with Crippen molar-refractivity contribution in [2.24, 2.45) is 0 Å². The van der Waals surface area contributed by atoms with Crippen molar-refractivity contribution in [1.29, 1.82) is 0 Å². The number of sulfonamides is 1. The van der Waals surface area contributed by atoms with E-state index in [2.05, 4.69) is 5.10 Å². The van der Waals surface area contributed by atoms with Gasteiger partial charge in [0.15, 0.2) is 0 Å². The first-order valence-corrected chi connectivity index (χ1v) is 7.80. The van der Waals surface area contributed by atoms with Gasteiger partial charge in [0.2, 0.25) is 0 Å². The monoisotopic (exact) mass is 342 g/mol. The minimum absolute atomic E-state index is 0.228. The lowest BCUT2D eigenvalue weighted by Gasteiger charge is -2.24. The van der Waals surface area contributed by atoms with Gasteiger partial charge in [-0.2, -0.15) is 18.3 Å². The minimum Gasteiger partial charge on any atom is -0.287 e. The van der Waals surface area contributed by atoms with Gasteiger partial charge < -0.3 is 0 Å². The molecule has 22 heavy (non-hydrogen) atoms. The summed E-state index contributed by atoms with van der Waals surface area (Å²) in [5.41, 5.74) is 0. The van der Waals surface area contributed by atoms with Crippen molar-refractivity contribution in [3.63, 3.8) is 0 Å². The Morgan fingerprint density at radius 2 is 2.09 bits per heavy atom. The summed E-state index contributed by atoms with van der Waals surface area (Å²) in [6, 6.07) is -1.27. The Morgan fingerprint density at radius 1 is 1.50 bits per heavy atom. The lowest BCUT2D eigenvalue weighted by molar-refractivity contribution is -0.150. The maximum Gasteiger partial charge on any atom is 0.401 e. The first-order chi connectivity index (χ1) is 9.96. The van der Waals surface area contributed by atoms with Gasteiger partial charge >= 0.3 is 6.18 Å². The molecule has 0 fully saturated rings. The van der Waals surface area contributed by atoms with Crippen LogP contribution in [-0.4, -0.2) is 54.8 Å². The van der Waals surface area contributed by atoms with Crippen LogP contribution >= 0.6 is 0 Å². The Morgan fingerprint density at radius 3 is 2.55 bits per heavy atom. The Bertz CT molecular complexity index is 627. The molecular formula is C11H17F3N4O3S. The molecule has 0 aliphatic carbocycles. The van der Waals surface area contributed by atoms with Crippen LogP contribution in [0.15, 0.2) is 17.3 Å². The summed E-state index contributed by atoms with van der Waals surface area (Å²) in [6.07, 6.45) is -2.20. The van der Waals surface area contributed by atoms with Crippen molar-refractivity contribution < 1.29 is 26.4 Å². The molecule has 1 heterocycles. The van der Waals surface area contributed by atoms with Crippen LogP contribution in [0.1, 0.15) is 13.8 Å². The summed E-state index contributed by atoms with van der Waals surface area (Å²) in [5, 5.41) is 3.76. The van der Waals surface area contributed by atoms with Crippen molar-refractivity contribution in [3.8, 4) is 0 Å². The molecule has 1 rings (SSSR count). The van der Waals surface area contributed by atoms with Crippen LogP contribution in [0.5, 0.6) is 0 Å². The molecule has 0 aromatic carbocycles. The third-order valence-corrected chi connectivity index (χ3v) is 4.25. The zero-order valence-electron chi connectivity index (χ0n) is 12.3. The Balaban J connectivity index is 2.78. The Kier molecular flexibility index (Phi) is 5.57. The van der Waals surface area contributed by atoms with E-state index in [0.717, 1.165) is 13.2 Å². The number of hydrogen-bond donors (Lipinski definition) is 1. The molecule has 0 saturated carbocycles. The fourth-order valence-electron chi connectivity index (χ4n) is 1.55. The number of aromatic nitrogens is 2. The number of nitrogens with one attached hydrogen (secondary N) is 1. The van der Waals surface area contributed by atoms with Gasteiger partial charge in [0, 0.05) is 12.7 Å². The van der Waals surface area contributed by atoms with Gasteiger partial charge in [-0.3, -0.25) is 14.4 Å². The maximum absolute atomic E-state index is 12.3. The molecule has 126 valence electrons. The molecule has 1 unspecified atom stereocenters. The minimum atomic E-state index is -4.48. The van der Waals surface area contributed by atoms with Crippen molar-refractivity contribution in [1.82, 2.24) is 19.4 Å². The van der Waals surface area contributed by atoms with E-state index in [1.807, 2.05) is 0 Å². The number of alkyl halides is 3. The second-order valence-electron chi connectivity index (χ2n) is 4.71. The third kappa shape index (κ3) is 4.98. The molecule has 7 nitrogen and oxygen atoms in total. The van der Waals surface area contributed by atoms with Crippen LogP contribution < -0.4 is 4.72 Å². The largest absolute Gasteiger partial charge is 0.401 e. The van der Waals surface area contributed by atoms with Crippen molar-refractivity contribution in [3.05, 3.63) is 12.4 Å². The van der Waals surface area contributed by atoms with E-state index in [1.165, 1.54) is 17.8 Å². The van der Waals surface area contributed by atoms with Crippen molar-refractivity contribution in [2.75, 3.05) is 13.6 Å². The summed E-state index contributed by atoms with van der Waals surface area (Å²) in [5.74, 6) is -1.05. The van der Waals surface area contributed by atoms with Gasteiger partial charge in [-0.15, -0.1) is 0 Å². The van der Waals surface area contributed by atoms with E-state index in [-0.39, 0.29) is 4.90 Å². The third-order valence-electron chi connectivity index (χ3n) is 2.95. The summed E-state index contributed by atoms with van der Waals surface area (Å²) in [4.78, 5) is 12.3. The van der Waals surface area contributed by atoms with Gasteiger partial charge in [0.1, 0.15) is 4.90 Å². The quantitative estimate of drug-likeness (QED) is 0.818. The molecule has 1 aromatic rings. The summed E-state index contributed by atoms with van der Waals surface area (Å²) in [6.45, 7) is 2.05. The molecule has 11 heteroatoms. The topological polar surface area (TPSA) is 84.3 Å². The normalized spacial score (nSPS) is 14.1. The molecule has 1 amide bonds. The van der Waals surface area contributed by atoms with Gasteiger partial charge in [-0.05, 0) is 20.9 Å². The number of rotatable bonds is 6. The van der Waals surface area contributed by atoms with Gasteiger partial charge in [-0.25, -0.2) is 13.1 Å². The number of nitrogens with zero attached hydrogens (tertiary/aromatic N) is 3. The fraction of sp³-hybridized carbons (Fsp3) is 0.636. The standard InChI is InChI=1S/C11H17F3N4O3S/c1-4-18-6-9(5-15-18)22(20,21)16-10(19)8(2)17(3)7-11(12,13)14/h5-6,8H,4,7H2,1-3H3,(H,16,19). The van der Waals surface area contributed by atoms with E-state index in [0.29, 0.717) is 11.4 Å². The first-order valence-electron chi connectivity index (χ1n) is 6.32. The van der Waals surface area contributed by atoms with Crippen LogP contribution in [-0.2, 0) is 21.4 Å². The van der Waals surface area contributed by atoms with Gasteiger partial charge in [-0.1, -0.05) is 0 Å². The number of amides is 1. The molecule has 1 atom stereocenters. The van der Waals surface area contributed by atoms with Crippen LogP contribution in [0.3, 0.4) is 0 Å². The number of carbonyl (C=O) groups excluding carboxylic acids is 1. The highest BCUT2D eigenvalue weighted by atomic mass is 32.2. The smallest absolute Gasteiger partial charge is 0.287 e. The molecular weight excluding hydrogens is 325 g/mol. The Hall–Kier alpha value is -1.62. The van der Waals surface area contributed by atoms with Crippen LogP contribution in [0.25, 0.3) is 0 Å². The number of halogens is 3. The van der Waals surface area contributed by atoms with E-state index in [9.17, 15) is 26.4 Å². The number of carbonyl (C=O) groups is 1. The average molecular weight is 342 g/mol. The lowest BCUT2D eigenvalue weighted by Crippen LogP contribution is -2.47. The zero-order valence-corrected chi connectivity index (χ0v) is 13.1.